The van der Waals surface area contributed by atoms with E-state index in [4.69, 9.17) is 11.6 Å². The highest BCUT2D eigenvalue weighted by molar-refractivity contribution is 6.30. The molecule has 0 spiro atoms. The van der Waals surface area contributed by atoms with Gasteiger partial charge in [0, 0.05) is 12.0 Å². The molecule has 0 aromatic heterocycles. The van der Waals surface area contributed by atoms with Gasteiger partial charge in [-0.25, -0.2) is 4.39 Å². The van der Waals surface area contributed by atoms with E-state index in [1.165, 1.54) is 12.1 Å². The molecule has 1 rings (SSSR count). The molecule has 0 aliphatic rings. The fourth-order valence-electron chi connectivity index (χ4n) is 1.26. The van der Waals surface area contributed by atoms with Crippen molar-refractivity contribution in [2.75, 3.05) is 6.61 Å². The van der Waals surface area contributed by atoms with E-state index in [0.29, 0.717) is 0 Å². The third-order valence-corrected chi connectivity index (χ3v) is 2.41. The number of benzene rings is 1. The van der Waals surface area contributed by atoms with Crippen molar-refractivity contribution in [1.82, 2.24) is 0 Å². The van der Waals surface area contributed by atoms with Crippen LogP contribution in [0.25, 0.3) is 0 Å². The molecule has 5 heteroatoms. The number of carbonyl (C=O) groups excluding carboxylic acids is 2. The summed E-state index contributed by atoms with van der Waals surface area (Å²) in [6.45, 7) is 1.97. The zero-order valence-electron chi connectivity index (χ0n) is 9.33. The predicted molar refractivity (Wildman–Crippen MR) is 61.6 cm³/mol. The van der Waals surface area contributed by atoms with E-state index in [1.807, 2.05) is 0 Å². The van der Waals surface area contributed by atoms with Crippen LogP contribution >= 0.6 is 11.6 Å². The summed E-state index contributed by atoms with van der Waals surface area (Å²) in [6.07, 6.45) is -0.00315. The van der Waals surface area contributed by atoms with Crippen LogP contribution in [0.5, 0.6) is 0 Å². The molecule has 92 valence electrons. The van der Waals surface area contributed by atoms with Crippen molar-refractivity contribution in [3.05, 3.63) is 34.6 Å². The van der Waals surface area contributed by atoms with Gasteiger partial charge in [-0.05, 0) is 25.1 Å². The van der Waals surface area contributed by atoms with Crippen molar-refractivity contribution < 1.29 is 18.7 Å². The Balaban J connectivity index is 2.58. The van der Waals surface area contributed by atoms with Crippen LogP contribution < -0.4 is 0 Å². The van der Waals surface area contributed by atoms with Crippen LogP contribution in [-0.4, -0.2) is 18.4 Å². The Morgan fingerprint density at radius 1 is 1.35 bits per heavy atom. The standard InChI is InChI=1S/C12H12ClFO3/c1-2-17-12(16)6-5-11(15)8-3-4-9(13)10(14)7-8/h3-4,7H,2,5-6H2,1H3. The molecule has 0 unspecified atom stereocenters. The van der Waals surface area contributed by atoms with Crippen molar-refractivity contribution in [1.29, 1.82) is 0 Å². The second kappa shape index (κ2) is 6.35. The molecule has 1 aromatic carbocycles. The van der Waals surface area contributed by atoms with Crippen LogP contribution in [0.3, 0.4) is 0 Å². The van der Waals surface area contributed by atoms with Gasteiger partial charge in [0.2, 0.25) is 0 Å². The average molecular weight is 259 g/mol. The smallest absolute Gasteiger partial charge is 0.306 e. The molecule has 1 aromatic rings. The zero-order valence-corrected chi connectivity index (χ0v) is 10.1. The van der Waals surface area contributed by atoms with Crippen LogP contribution in [0.4, 0.5) is 4.39 Å². The molecular weight excluding hydrogens is 247 g/mol. The number of ketones is 1. The van der Waals surface area contributed by atoms with Crippen LogP contribution in [0.15, 0.2) is 18.2 Å². The molecule has 17 heavy (non-hydrogen) atoms. The Labute approximate surface area is 104 Å². The van der Waals surface area contributed by atoms with Crippen LogP contribution in [0.2, 0.25) is 5.02 Å². The Morgan fingerprint density at radius 2 is 2.06 bits per heavy atom. The summed E-state index contributed by atoms with van der Waals surface area (Å²) in [6, 6.07) is 3.81. The number of hydrogen-bond acceptors (Lipinski definition) is 3. The van der Waals surface area contributed by atoms with E-state index in [9.17, 15) is 14.0 Å². The zero-order chi connectivity index (χ0) is 12.8. The first kappa shape index (κ1) is 13.6. The van der Waals surface area contributed by atoms with Crippen molar-refractivity contribution in [3.63, 3.8) is 0 Å². The highest BCUT2D eigenvalue weighted by Crippen LogP contribution is 2.17. The number of halogens is 2. The second-order valence-corrected chi connectivity index (χ2v) is 3.76. The van der Waals surface area contributed by atoms with E-state index >= 15 is 0 Å². The molecule has 0 atom stereocenters. The maximum atomic E-state index is 13.1. The number of rotatable bonds is 5. The lowest BCUT2D eigenvalue weighted by Crippen LogP contribution is -2.08. The van der Waals surface area contributed by atoms with Gasteiger partial charge in [0.15, 0.2) is 5.78 Å². The Kier molecular flexibility index (Phi) is 5.10. The maximum absolute atomic E-state index is 13.1. The van der Waals surface area contributed by atoms with E-state index in [0.717, 1.165) is 6.07 Å². The van der Waals surface area contributed by atoms with E-state index in [1.54, 1.807) is 6.92 Å². The maximum Gasteiger partial charge on any atom is 0.306 e. The van der Waals surface area contributed by atoms with E-state index in [2.05, 4.69) is 4.74 Å². The number of esters is 1. The Bertz CT molecular complexity index is 432. The monoisotopic (exact) mass is 258 g/mol. The molecule has 0 radical (unpaired) electrons. The molecule has 3 nitrogen and oxygen atoms in total. The average Bonchev–Trinajstić information content (AvgIpc) is 2.30. The van der Waals surface area contributed by atoms with Crippen LogP contribution in [0.1, 0.15) is 30.1 Å². The van der Waals surface area contributed by atoms with Crippen molar-refractivity contribution in [3.8, 4) is 0 Å². The van der Waals surface area contributed by atoms with Gasteiger partial charge in [0.1, 0.15) is 5.82 Å². The number of Topliss-reactive ketones (excluding diaryl/α,β-unsaturated/α-hetero) is 1. The number of ether oxygens (including phenoxy) is 1. The largest absolute Gasteiger partial charge is 0.466 e. The van der Waals surface area contributed by atoms with Gasteiger partial charge in [-0.3, -0.25) is 9.59 Å². The van der Waals surface area contributed by atoms with Gasteiger partial charge in [-0.2, -0.15) is 0 Å². The minimum absolute atomic E-state index is 0.0000935. The number of carbonyl (C=O) groups is 2. The molecule has 0 bridgehead atoms. The van der Waals surface area contributed by atoms with Crippen LogP contribution in [0, 0.1) is 5.82 Å². The minimum atomic E-state index is -0.645. The van der Waals surface area contributed by atoms with E-state index in [-0.39, 0.29) is 35.8 Å². The van der Waals surface area contributed by atoms with Crippen LogP contribution in [-0.2, 0) is 9.53 Å². The normalized spacial score (nSPS) is 10.1. The van der Waals surface area contributed by atoms with Gasteiger partial charge in [-0.15, -0.1) is 0 Å². The first-order valence-electron chi connectivity index (χ1n) is 5.18. The SMILES string of the molecule is CCOC(=O)CCC(=O)c1ccc(Cl)c(F)c1. The van der Waals surface area contributed by atoms with Gasteiger partial charge in [-0.1, -0.05) is 11.6 Å². The lowest BCUT2D eigenvalue weighted by Gasteiger charge is -2.02. The van der Waals surface area contributed by atoms with E-state index < -0.39 is 11.8 Å². The summed E-state index contributed by atoms with van der Waals surface area (Å²) in [4.78, 5) is 22.6. The number of hydrogen-bond donors (Lipinski definition) is 0. The molecule has 0 amide bonds. The summed E-state index contributed by atoms with van der Waals surface area (Å²) in [5.74, 6) is -1.39. The molecule has 0 saturated carbocycles. The highest BCUT2D eigenvalue weighted by Gasteiger charge is 2.11. The van der Waals surface area contributed by atoms with Gasteiger partial charge in [0.05, 0.1) is 18.1 Å². The summed E-state index contributed by atoms with van der Waals surface area (Å²) >= 11 is 5.49. The second-order valence-electron chi connectivity index (χ2n) is 3.36. The summed E-state index contributed by atoms with van der Waals surface area (Å²) in [5, 5.41) is -0.0352. The van der Waals surface area contributed by atoms with Gasteiger partial charge >= 0.3 is 5.97 Å². The molecule has 0 heterocycles. The lowest BCUT2D eigenvalue weighted by molar-refractivity contribution is -0.143. The fraction of sp³-hybridized carbons (Fsp3) is 0.333. The van der Waals surface area contributed by atoms with Gasteiger partial charge in [0.25, 0.3) is 0 Å². The summed E-state index contributed by atoms with van der Waals surface area (Å²) < 4.78 is 17.8. The molecule has 0 aliphatic heterocycles. The topological polar surface area (TPSA) is 43.4 Å². The van der Waals surface area contributed by atoms with Crippen molar-refractivity contribution in [2.45, 2.75) is 19.8 Å². The Morgan fingerprint density at radius 3 is 2.65 bits per heavy atom. The fourth-order valence-corrected chi connectivity index (χ4v) is 1.38. The third kappa shape index (κ3) is 4.15. The molecule has 0 N–H and O–H groups in total. The summed E-state index contributed by atoms with van der Waals surface area (Å²) in [7, 11) is 0. The predicted octanol–water partition coefficient (Wildman–Crippen LogP) is 3.01. The molecule has 0 aliphatic carbocycles. The third-order valence-electron chi connectivity index (χ3n) is 2.10. The van der Waals surface area contributed by atoms with Crippen molar-refractivity contribution >= 4 is 23.4 Å². The highest BCUT2D eigenvalue weighted by atomic mass is 35.5. The molecule has 0 saturated heterocycles. The Hall–Kier alpha value is -1.42. The quantitative estimate of drug-likeness (QED) is 0.602. The van der Waals surface area contributed by atoms with Gasteiger partial charge < -0.3 is 4.74 Å². The molecular formula is C12H12ClFO3. The minimum Gasteiger partial charge on any atom is -0.466 e. The molecule has 0 fully saturated rings. The lowest BCUT2D eigenvalue weighted by atomic mass is 10.1. The summed E-state index contributed by atoms with van der Waals surface area (Å²) in [5.41, 5.74) is 0.205. The first-order valence-corrected chi connectivity index (χ1v) is 5.56. The first-order chi connectivity index (χ1) is 8.04. The van der Waals surface area contributed by atoms with Crippen molar-refractivity contribution in [2.24, 2.45) is 0 Å².